The van der Waals surface area contributed by atoms with Gasteiger partial charge in [0.05, 0.1) is 6.04 Å². The first-order valence-electron chi connectivity index (χ1n) is 8.14. The lowest BCUT2D eigenvalue weighted by atomic mass is 9.95. The summed E-state index contributed by atoms with van der Waals surface area (Å²) in [7, 11) is 0. The van der Waals surface area contributed by atoms with E-state index in [1.165, 1.54) is 0 Å². The summed E-state index contributed by atoms with van der Waals surface area (Å²) in [6.45, 7) is 5.43. The van der Waals surface area contributed by atoms with E-state index in [1.807, 2.05) is 37.3 Å². The van der Waals surface area contributed by atoms with Crippen molar-refractivity contribution in [2.24, 2.45) is 11.0 Å². The lowest BCUT2D eigenvalue weighted by Gasteiger charge is -2.25. The third kappa shape index (κ3) is 3.51. The molecule has 24 heavy (non-hydrogen) atoms. The van der Waals surface area contributed by atoms with Gasteiger partial charge in [0.2, 0.25) is 5.91 Å². The highest BCUT2D eigenvalue weighted by Gasteiger charge is 2.45. The van der Waals surface area contributed by atoms with Crippen LogP contribution in [0.3, 0.4) is 0 Å². The fraction of sp³-hybridized carbons (Fsp3) is 0.529. The number of rotatable bonds is 6. The normalized spacial score (nSPS) is 22.5. The minimum atomic E-state index is -0.649. The zero-order valence-electron chi connectivity index (χ0n) is 14.1. The van der Waals surface area contributed by atoms with E-state index in [0.717, 1.165) is 16.9 Å². The van der Waals surface area contributed by atoms with Crippen LogP contribution in [-0.2, 0) is 9.53 Å². The van der Waals surface area contributed by atoms with Gasteiger partial charge in [0.1, 0.15) is 6.10 Å². The Hall–Kier alpha value is -2.53. The average molecular weight is 330 g/mol. The van der Waals surface area contributed by atoms with Gasteiger partial charge in [0.15, 0.2) is 0 Å². The van der Waals surface area contributed by atoms with E-state index in [9.17, 15) is 9.59 Å². The number of imide groups is 1. The van der Waals surface area contributed by atoms with E-state index in [4.69, 9.17) is 10.3 Å². The van der Waals surface area contributed by atoms with Gasteiger partial charge in [-0.2, -0.15) is 0 Å². The van der Waals surface area contributed by atoms with Crippen molar-refractivity contribution in [3.8, 4) is 0 Å². The number of benzene rings is 1. The molecule has 0 saturated carbocycles. The maximum absolute atomic E-state index is 12.8. The fourth-order valence-corrected chi connectivity index (χ4v) is 3.00. The lowest BCUT2D eigenvalue weighted by molar-refractivity contribution is -0.133. The molecular weight excluding hydrogens is 308 g/mol. The van der Waals surface area contributed by atoms with Crippen LogP contribution >= 0.6 is 0 Å². The number of amides is 2. The number of carbonyl (C=O) groups is 2. The van der Waals surface area contributed by atoms with Crippen molar-refractivity contribution in [3.05, 3.63) is 46.3 Å². The molecule has 1 fully saturated rings. The number of nitrogens with zero attached hydrogens (tertiary/aromatic N) is 4. The van der Waals surface area contributed by atoms with Gasteiger partial charge < -0.3 is 4.74 Å². The number of hydrogen-bond acceptors (Lipinski definition) is 4. The SMILES string of the molecule is CCC[C@@H](N=[N+]=[N-])[C@@H](C)C(=O)N1C(=O)O[C@@H](c2ccccc2)[C@H]1C. The third-order valence-electron chi connectivity index (χ3n) is 4.39. The Balaban J connectivity index is 2.20. The second-order valence-corrected chi connectivity index (χ2v) is 6.01. The van der Waals surface area contributed by atoms with Crippen LogP contribution in [-0.4, -0.2) is 29.0 Å². The fourth-order valence-electron chi connectivity index (χ4n) is 3.00. The molecule has 2 rings (SSSR count). The smallest absolute Gasteiger partial charge is 0.417 e. The number of hydrogen-bond donors (Lipinski definition) is 0. The van der Waals surface area contributed by atoms with Crippen molar-refractivity contribution < 1.29 is 14.3 Å². The van der Waals surface area contributed by atoms with Crippen molar-refractivity contribution in [2.45, 2.75) is 51.8 Å². The first-order valence-corrected chi connectivity index (χ1v) is 8.14. The molecular formula is C17H22N4O3. The van der Waals surface area contributed by atoms with Crippen molar-refractivity contribution in [1.82, 2.24) is 4.90 Å². The monoisotopic (exact) mass is 330 g/mol. The van der Waals surface area contributed by atoms with E-state index < -0.39 is 30.2 Å². The number of cyclic esters (lactones) is 1. The Morgan fingerprint density at radius 3 is 2.67 bits per heavy atom. The molecule has 0 unspecified atom stereocenters. The molecule has 1 aliphatic rings. The largest absolute Gasteiger partial charge is 0.439 e. The molecule has 2 amide bonds. The van der Waals surface area contributed by atoms with Crippen LogP contribution in [0.4, 0.5) is 4.79 Å². The van der Waals surface area contributed by atoms with Crippen LogP contribution in [0.2, 0.25) is 0 Å². The van der Waals surface area contributed by atoms with Crippen molar-refractivity contribution in [2.75, 3.05) is 0 Å². The Morgan fingerprint density at radius 1 is 1.42 bits per heavy atom. The quantitative estimate of drug-likeness (QED) is 0.444. The van der Waals surface area contributed by atoms with Gasteiger partial charge in [-0.25, -0.2) is 9.69 Å². The standard InChI is InChI=1S/C17H22N4O3/c1-4-8-14(19-20-18)11(2)16(22)21-12(3)15(24-17(21)23)13-9-6-5-7-10-13/h5-7,9-12,14-15H,4,8H2,1-3H3/t11-,12-,14-,15-/m1/s1. The summed E-state index contributed by atoms with van der Waals surface area (Å²) in [6.07, 6.45) is 0.243. The zero-order valence-corrected chi connectivity index (χ0v) is 14.1. The summed E-state index contributed by atoms with van der Waals surface area (Å²) >= 11 is 0. The van der Waals surface area contributed by atoms with Crippen molar-refractivity contribution in [1.29, 1.82) is 0 Å². The molecule has 0 aliphatic carbocycles. The van der Waals surface area contributed by atoms with Gasteiger partial charge in [-0.3, -0.25) is 4.79 Å². The molecule has 7 heteroatoms. The van der Waals surface area contributed by atoms with Gasteiger partial charge in [-0.15, -0.1) is 0 Å². The molecule has 0 N–H and O–H groups in total. The maximum Gasteiger partial charge on any atom is 0.417 e. The third-order valence-corrected chi connectivity index (χ3v) is 4.39. The molecule has 1 aromatic carbocycles. The highest BCUT2D eigenvalue weighted by molar-refractivity contribution is 5.95. The van der Waals surface area contributed by atoms with Crippen LogP contribution in [0.5, 0.6) is 0 Å². The van der Waals surface area contributed by atoms with E-state index in [2.05, 4.69) is 10.0 Å². The molecule has 0 bridgehead atoms. The molecule has 128 valence electrons. The molecule has 0 radical (unpaired) electrons. The minimum Gasteiger partial charge on any atom is -0.439 e. The number of ether oxygens (including phenoxy) is 1. The van der Waals surface area contributed by atoms with Gasteiger partial charge >= 0.3 is 6.09 Å². The van der Waals surface area contributed by atoms with E-state index in [0.29, 0.717) is 6.42 Å². The minimum absolute atomic E-state index is 0.364. The number of azide groups is 1. The first kappa shape index (κ1) is 17.8. The van der Waals surface area contributed by atoms with E-state index in [-0.39, 0.29) is 5.91 Å². The van der Waals surface area contributed by atoms with Crippen LogP contribution in [0.1, 0.15) is 45.3 Å². The molecule has 0 aromatic heterocycles. The summed E-state index contributed by atoms with van der Waals surface area (Å²) in [6, 6.07) is 8.46. The Kier molecular flexibility index (Phi) is 5.82. The van der Waals surface area contributed by atoms with Gasteiger partial charge in [-0.1, -0.05) is 55.7 Å². The first-order chi connectivity index (χ1) is 11.5. The summed E-state index contributed by atoms with van der Waals surface area (Å²) in [5.74, 6) is -0.942. The zero-order chi connectivity index (χ0) is 17.7. The Morgan fingerprint density at radius 2 is 2.08 bits per heavy atom. The highest BCUT2D eigenvalue weighted by Crippen LogP contribution is 2.34. The molecule has 1 aromatic rings. The predicted octanol–water partition coefficient (Wildman–Crippen LogP) is 4.21. The van der Waals surface area contributed by atoms with E-state index in [1.54, 1.807) is 13.8 Å². The Bertz CT molecular complexity index is 642. The second kappa shape index (κ2) is 7.84. The van der Waals surface area contributed by atoms with E-state index >= 15 is 0 Å². The Labute approximate surface area is 141 Å². The summed E-state index contributed by atoms with van der Waals surface area (Å²) < 4.78 is 5.41. The van der Waals surface area contributed by atoms with Gasteiger partial charge in [0.25, 0.3) is 0 Å². The molecule has 7 nitrogen and oxygen atoms in total. The molecule has 0 spiro atoms. The summed E-state index contributed by atoms with van der Waals surface area (Å²) in [5, 5.41) is 3.71. The highest BCUT2D eigenvalue weighted by atomic mass is 16.6. The predicted molar refractivity (Wildman–Crippen MR) is 89.0 cm³/mol. The van der Waals surface area contributed by atoms with Crippen LogP contribution in [0.15, 0.2) is 35.4 Å². The molecule has 4 atom stereocenters. The lowest BCUT2D eigenvalue weighted by Crippen LogP contribution is -2.43. The van der Waals surface area contributed by atoms with Crippen molar-refractivity contribution >= 4 is 12.0 Å². The maximum atomic E-state index is 12.8. The molecule has 1 aliphatic heterocycles. The van der Waals surface area contributed by atoms with Gasteiger partial charge in [0, 0.05) is 16.9 Å². The summed E-state index contributed by atoms with van der Waals surface area (Å²) in [5.41, 5.74) is 9.54. The van der Waals surface area contributed by atoms with Crippen LogP contribution in [0.25, 0.3) is 10.4 Å². The van der Waals surface area contributed by atoms with Crippen molar-refractivity contribution in [3.63, 3.8) is 0 Å². The van der Waals surface area contributed by atoms with Crippen LogP contribution in [0, 0.1) is 5.92 Å². The second-order valence-electron chi connectivity index (χ2n) is 6.01. The number of carbonyl (C=O) groups excluding carboxylic acids is 2. The van der Waals surface area contributed by atoms with Crippen LogP contribution < -0.4 is 0 Å². The summed E-state index contributed by atoms with van der Waals surface area (Å²) in [4.78, 5) is 29.0. The average Bonchev–Trinajstić information content (AvgIpc) is 2.88. The van der Waals surface area contributed by atoms with Gasteiger partial charge in [-0.05, 0) is 24.4 Å². The topological polar surface area (TPSA) is 95.4 Å². The molecule has 1 saturated heterocycles. The molecule has 1 heterocycles.